The number of carbonyl (C=O) groups excluding carboxylic acids is 1. The average Bonchev–Trinajstić information content (AvgIpc) is 2.61. The van der Waals surface area contributed by atoms with Crippen molar-refractivity contribution in [3.63, 3.8) is 0 Å². The third-order valence-electron chi connectivity index (χ3n) is 7.01. The fourth-order valence-electron chi connectivity index (χ4n) is 5.03. The highest BCUT2D eigenvalue weighted by atomic mass is 16.5. The Labute approximate surface area is 158 Å². The minimum Gasteiger partial charge on any atom is -0.389 e. The molecule has 2 fully saturated rings. The number of hydrogen-bond acceptors (Lipinski definition) is 4. The maximum absolute atomic E-state index is 12.0. The van der Waals surface area contributed by atoms with Gasteiger partial charge in [-0.2, -0.15) is 0 Å². The number of hydrogen-bond donors (Lipinski definition) is 1. The maximum Gasteiger partial charge on any atom is 0.225 e. The number of likely N-dealkylation sites (tertiary alicyclic amines) is 1. The van der Waals surface area contributed by atoms with E-state index in [0.717, 1.165) is 31.8 Å². The molecule has 1 saturated heterocycles. The number of ether oxygens (including phenoxy) is 1. The fraction of sp³-hybridized carbons (Fsp3) is 0.857. The summed E-state index contributed by atoms with van der Waals surface area (Å²) >= 11 is 0. The first kappa shape index (κ1) is 19.8. The van der Waals surface area contributed by atoms with Gasteiger partial charge in [0.25, 0.3) is 0 Å². The van der Waals surface area contributed by atoms with Crippen molar-refractivity contribution in [2.75, 3.05) is 46.9 Å². The van der Waals surface area contributed by atoms with Gasteiger partial charge in [-0.1, -0.05) is 19.9 Å². The van der Waals surface area contributed by atoms with E-state index in [4.69, 9.17) is 4.74 Å². The Bertz CT molecular complexity index is 535. The maximum atomic E-state index is 12.0. The van der Waals surface area contributed by atoms with Gasteiger partial charge in [-0.05, 0) is 61.6 Å². The number of amides is 1. The van der Waals surface area contributed by atoms with E-state index in [1.54, 1.807) is 4.90 Å². The molecule has 0 radical (unpaired) electrons. The van der Waals surface area contributed by atoms with Gasteiger partial charge in [0.05, 0.1) is 19.3 Å². The van der Waals surface area contributed by atoms with Gasteiger partial charge < -0.3 is 19.6 Å². The molecule has 26 heavy (non-hydrogen) atoms. The second-order valence-corrected chi connectivity index (χ2v) is 9.30. The zero-order valence-corrected chi connectivity index (χ0v) is 16.9. The SMILES string of the molecule is CN(C)C(=O)C1CCN(CC(O)COCC2=CCC3CC2C3(C)C)CC1. The van der Waals surface area contributed by atoms with Crippen LogP contribution < -0.4 is 0 Å². The number of carbonyl (C=O) groups is 1. The highest BCUT2D eigenvalue weighted by Crippen LogP contribution is 2.59. The van der Waals surface area contributed by atoms with E-state index < -0.39 is 6.10 Å². The van der Waals surface area contributed by atoms with Crippen LogP contribution in [0.25, 0.3) is 0 Å². The predicted octanol–water partition coefficient (Wildman–Crippen LogP) is 2.16. The second kappa shape index (κ2) is 7.99. The van der Waals surface area contributed by atoms with Gasteiger partial charge in [0, 0.05) is 26.6 Å². The summed E-state index contributed by atoms with van der Waals surface area (Å²) in [7, 11) is 3.64. The van der Waals surface area contributed by atoms with Gasteiger partial charge in [0.1, 0.15) is 0 Å². The third-order valence-corrected chi connectivity index (χ3v) is 7.01. The van der Waals surface area contributed by atoms with Crippen LogP contribution in [-0.4, -0.2) is 73.9 Å². The summed E-state index contributed by atoms with van der Waals surface area (Å²) in [5, 5.41) is 10.3. The molecule has 148 valence electrons. The molecule has 0 aromatic heterocycles. The standard InChI is InChI=1S/C21H36N2O3/c1-21(2)17-6-5-16(19(21)11-17)13-26-14-18(24)12-23-9-7-15(8-10-23)20(25)22(3)4/h5,15,17-19,24H,6-14H2,1-4H3. The summed E-state index contributed by atoms with van der Waals surface area (Å²) in [6, 6.07) is 0. The van der Waals surface area contributed by atoms with Gasteiger partial charge in [0.2, 0.25) is 5.91 Å². The minimum atomic E-state index is -0.456. The van der Waals surface area contributed by atoms with E-state index in [-0.39, 0.29) is 11.8 Å². The number of rotatable bonds is 7. The van der Waals surface area contributed by atoms with Crippen LogP contribution in [0.4, 0.5) is 0 Å². The Balaban J connectivity index is 1.33. The second-order valence-electron chi connectivity index (χ2n) is 9.30. The topological polar surface area (TPSA) is 53.0 Å². The number of aliphatic hydroxyl groups is 1. The quantitative estimate of drug-likeness (QED) is 0.704. The molecule has 5 heteroatoms. The molecular weight excluding hydrogens is 328 g/mol. The fourth-order valence-corrected chi connectivity index (χ4v) is 5.03. The highest BCUT2D eigenvalue weighted by Gasteiger charge is 2.50. The lowest BCUT2D eigenvalue weighted by atomic mass is 9.49. The first-order chi connectivity index (χ1) is 12.3. The van der Waals surface area contributed by atoms with E-state index in [1.807, 2.05) is 14.1 Å². The van der Waals surface area contributed by atoms with Gasteiger partial charge >= 0.3 is 0 Å². The zero-order valence-electron chi connectivity index (χ0n) is 16.9. The molecular formula is C21H36N2O3. The molecule has 1 saturated carbocycles. The normalized spacial score (nSPS) is 29.7. The van der Waals surface area contributed by atoms with Crippen molar-refractivity contribution in [1.82, 2.24) is 9.80 Å². The number of aliphatic hydroxyl groups excluding tert-OH is 1. The number of fused-ring (bicyclic) bond motifs is 1. The van der Waals surface area contributed by atoms with Crippen molar-refractivity contribution < 1.29 is 14.6 Å². The Morgan fingerprint density at radius 2 is 2.08 bits per heavy atom. The van der Waals surface area contributed by atoms with Gasteiger partial charge in [0.15, 0.2) is 0 Å². The number of piperidine rings is 1. The summed E-state index contributed by atoms with van der Waals surface area (Å²) < 4.78 is 5.85. The molecule has 1 N–H and O–H groups in total. The monoisotopic (exact) mass is 364 g/mol. The van der Waals surface area contributed by atoms with Crippen LogP contribution >= 0.6 is 0 Å². The van der Waals surface area contributed by atoms with Gasteiger partial charge in [-0.3, -0.25) is 4.79 Å². The highest BCUT2D eigenvalue weighted by molar-refractivity contribution is 5.78. The molecule has 1 amide bonds. The van der Waals surface area contributed by atoms with Crippen LogP contribution in [0.5, 0.6) is 0 Å². The van der Waals surface area contributed by atoms with Crippen molar-refractivity contribution in [3.05, 3.63) is 11.6 Å². The summed E-state index contributed by atoms with van der Waals surface area (Å²) in [6.45, 7) is 8.20. The predicted molar refractivity (Wildman–Crippen MR) is 103 cm³/mol. The van der Waals surface area contributed by atoms with Crippen LogP contribution in [-0.2, 0) is 9.53 Å². The lowest BCUT2D eigenvalue weighted by molar-refractivity contribution is -0.134. The van der Waals surface area contributed by atoms with E-state index in [2.05, 4.69) is 24.8 Å². The molecule has 3 atom stereocenters. The summed E-state index contributed by atoms with van der Waals surface area (Å²) in [6.07, 6.45) is 6.17. The molecule has 5 nitrogen and oxygen atoms in total. The molecule has 4 aliphatic rings. The minimum absolute atomic E-state index is 0.141. The lowest BCUT2D eigenvalue weighted by Gasteiger charge is -2.56. The lowest BCUT2D eigenvalue weighted by Crippen LogP contribution is -2.48. The summed E-state index contributed by atoms with van der Waals surface area (Å²) in [5.74, 6) is 1.90. The molecule has 0 spiro atoms. The number of allylic oxidation sites excluding steroid dienone is 1. The summed E-state index contributed by atoms with van der Waals surface area (Å²) in [5.41, 5.74) is 1.87. The van der Waals surface area contributed by atoms with Crippen molar-refractivity contribution >= 4 is 5.91 Å². The van der Waals surface area contributed by atoms with Crippen LogP contribution in [0.1, 0.15) is 39.5 Å². The van der Waals surface area contributed by atoms with Crippen LogP contribution in [0.3, 0.4) is 0 Å². The smallest absolute Gasteiger partial charge is 0.225 e. The van der Waals surface area contributed by atoms with E-state index in [1.165, 1.54) is 18.4 Å². The molecule has 1 heterocycles. The Morgan fingerprint density at radius 3 is 2.65 bits per heavy atom. The van der Waals surface area contributed by atoms with Crippen molar-refractivity contribution in [2.45, 2.75) is 45.6 Å². The van der Waals surface area contributed by atoms with Gasteiger partial charge in [-0.25, -0.2) is 0 Å². The van der Waals surface area contributed by atoms with E-state index in [0.29, 0.717) is 31.1 Å². The average molecular weight is 365 g/mol. The number of β-amino-alcohol motifs (C(OH)–C–C–N with tert-alkyl or cyclic N) is 1. The third kappa shape index (κ3) is 4.15. The Hall–Kier alpha value is -0.910. The Morgan fingerprint density at radius 1 is 1.38 bits per heavy atom. The molecule has 4 rings (SSSR count). The molecule has 1 aliphatic heterocycles. The molecule has 2 bridgehead atoms. The molecule has 0 aromatic carbocycles. The van der Waals surface area contributed by atoms with Crippen LogP contribution in [0.2, 0.25) is 0 Å². The largest absolute Gasteiger partial charge is 0.389 e. The summed E-state index contributed by atoms with van der Waals surface area (Å²) in [4.78, 5) is 16.0. The van der Waals surface area contributed by atoms with E-state index >= 15 is 0 Å². The van der Waals surface area contributed by atoms with Crippen molar-refractivity contribution in [1.29, 1.82) is 0 Å². The van der Waals surface area contributed by atoms with E-state index in [9.17, 15) is 9.90 Å². The Kier molecular flexibility index (Phi) is 6.10. The zero-order chi connectivity index (χ0) is 18.9. The molecule has 3 aliphatic carbocycles. The molecule has 0 aromatic rings. The first-order valence-electron chi connectivity index (χ1n) is 10.2. The first-order valence-corrected chi connectivity index (χ1v) is 10.2. The molecule has 3 unspecified atom stereocenters. The van der Waals surface area contributed by atoms with Crippen molar-refractivity contribution in [3.8, 4) is 0 Å². The van der Waals surface area contributed by atoms with Gasteiger partial charge in [-0.15, -0.1) is 0 Å². The van der Waals surface area contributed by atoms with Crippen molar-refractivity contribution in [2.24, 2.45) is 23.2 Å². The van der Waals surface area contributed by atoms with Crippen LogP contribution in [0.15, 0.2) is 11.6 Å². The van der Waals surface area contributed by atoms with Crippen LogP contribution in [0, 0.1) is 23.2 Å². The number of nitrogens with zero attached hydrogens (tertiary/aromatic N) is 2.